The standard InChI is InChI=1S/C18H25N3O3S.ClH/c1-4-23-15-7-6-13(10-16(15)24-5-2)12(3)20-18(22)14-11-25-17(21-14)8-9-19;/h6-7,10-12H,4-5,8-9,19H2,1-3H3,(H,20,22);1H. The Bertz CT molecular complexity index is 709. The number of nitrogens with zero attached hydrogens (tertiary/aromatic N) is 1. The first-order valence-electron chi connectivity index (χ1n) is 8.43. The van der Waals surface area contributed by atoms with Gasteiger partial charge in [0.25, 0.3) is 5.91 Å². The molecule has 0 aliphatic carbocycles. The van der Waals surface area contributed by atoms with Gasteiger partial charge in [-0.1, -0.05) is 6.07 Å². The third kappa shape index (κ3) is 5.86. The zero-order chi connectivity index (χ0) is 18.2. The molecule has 0 saturated heterocycles. The minimum absolute atomic E-state index is 0. The third-order valence-corrected chi connectivity index (χ3v) is 4.47. The van der Waals surface area contributed by atoms with Crippen molar-refractivity contribution in [1.29, 1.82) is 0 Å². The number of ether oxygens (including phenoxy) is 2. The van der Waals surface area contributed by atoms with Crippen LogP contribution in [-0.4, -0.2) is 30.6 Å². The van der Waals surface area contributed by atoms with Gasteiger partial charge in [-0.2, -0.15) is 0 Å². The molecule has 1 heterocycles. The lowest BCUT2D eigenvalue weighted by molar-refractivity contribution is 0.0935. The summed E-state index contributed by atoms with van der Waals surface area (Å²) in [7, 11) is 0. The van der Waals surface area contributed by atoms with E-state index < -0.39 is 0 Å². The number of benzene rings is 1. The molecule has 0 fully saturated rings. The summed E-state index contributed by atoms with van der Waals surface area (Å²) in [6.45, 7) is 7.43. The number of aromatic nitrogens is 1. The molecule has 0 aliphatic rings. The fourth-order valence-electron chi connectivity index (χ4n) is 2.34. The van der Waals surface area contributed by atoms with Crippen LogP contribution in [0.5, 0.6) is 11.5 Å². The predicted octanol–water partition coefficient (Wildman–Crippen LogP) is 3.35. The SMILES string of the molecule is CCOc1ccc(C(C)NC(=O)c2csc(CCN)n2)cc1OCC.Cl. The predicted molar refractivity (Wildman–Crippen MR) is 107 cm³/mol. The van der Waals surface area contributed by atoms with Gasteiger partial charge in [0.15, 0.2) is 11.5 Å². The van der Waals surface area contributed by atoms with E-state index >= 15 is 0 Å². The van der Waals surface area contributed by atoms with Crippen molar-refractivity contribution in [3.8, 4) is 11.5 Å². The molecule has 2 rings (SSSR count). The van der Waals surface area contributed by atoms with Gasteiger partial charge >= 0.3 is 0 Å². The molecule has 6 nitrogen and oxygen atoms in total. The Labute approximate surface area is 164 Å². The number of hydrogen-bond donors (Lipinski definition) is 2. The number of amides is 1. The van der Waals surface area contributed by atoms with Crippen molar-refractivity contribution in [2.45, 2.75) is 33.2 Å². The molecule has 1 unspecified atom stereocenters. The molecule has 2 aromatic rings. The molecule has 0 aliphatic heterocycles. The Kier molecular flexibility index (Phi) is 9.40. The molecule has 1 aromatic carbocycles. The molecule has 8 heteroatoms. The molecule has 0 radical (unpaired) electrons. The van der Waals surface area contributed by atoms with Crippen molar-refractivity contribution in [2.24, 2.45) is 5.73 Å². The number of halogens is 1. The van der Waals surface area contributed by atoms with E-state index in [0.29, 0.717) is 43.4 Å². The van der Waals surface area contributed by atoms with Crippen LogP contribution in [0.25, 0.3) is 0 Å². The van der Waals surface area contributed by atoms with Crippen LogP contribution in [0.4, 0.5) is 0 Å². The van der Waals surface area contributed by atoms with E-state index in [1.807, 2.05) is 39.0 Å². The summed E-state index contributed by atoms with van der Waals surface area (Å²) < 4.78 is 11.2. The van der Waals surface area contributed by atoms with Crippen LogP contribution < -0.4 is 20.5 Å². The van der Waals surface area contributed by atoms with Crippen LogP contribution in [0.2, 0.25) is 0 Å². The van der Waals surface area contributed by atoms with Crippen molar-refractivity contribution in [1.82, 2.24) is 10.3 Å². The van der Waals surface area contributed by atoms with Crippen molar-refractivity contribution in [3.05, 3.63) is 39.8 Å². The molecule has 0 spiro atoms. The molecule has 1 atom stereocenters. The van der Waals surface area contributed by atoms with E-state index in [1.54, 1.807) is 5.38 Å². The fraction of sp³-hybridized carbons (Fsp3) is 0.444. The van der Waals surface area contributed by atoms with Gasteiger partial charge in [-0.05, 0) is 45.0 Å². The second kappa shape index (κ2) is 11.0. The van der Waals surface area contributed by atoms with Crippen LogP contribution >= 0.6 is 23.7 Å². The number of hydrogen-bond acceptors (Lipinski definition) is 6. The maximum atomic E-state index is 12.4. The average molecular weight is 400 g/mol. The summed E-state index contributed by atoms with van der Waals surface area (Å²) in [5, 5.41) is 5.60. The lowest BCUT2D eigenvalue weighted by Crippen LogP contribution is -2.27. The highest BCUT2D eigenvalue weighted by molar-refractivity contribution is 7.09. The summed E-state index contributed by atoms with van der Waals surface area (Å²) in [4.78, 5) is 16.7. The third-order valence-electron chi connectivity index (χ3n) is 3.56. The van der Waals surface area contributed by atoms with Crippen molar-refractivity contribution >= 4 is 29.7 Å². The molecule has 3 N–H and O–H groups in total. The topological polar surface area (TPSA) is 86.5 Å². The number of carbonyl (C=O) groups excluding carboxylic acids is 1. The highest BCUT2D eigenvalue weighted by Gasteiger charge is 2.16. The lowest BCUT2D eigenvalue weighted by atomic mass is 10.1. The fourth-order valence-corrected chi connectivity index (χ4v) is 3.14. The highest BCUT2D eigenvalue weighted by atomic mass is 35.5. The van der Waals surface area contributed by atoms with Gasteiger partial charge < -0.3 is 20.5 Å². The first-order valence-corrected chi connectivity index (χ1v) is 9.31. The first kappa shape index (κ1) is 22.2. The van der Waals surface area contributed by atoms with Crippen molar-refractivity contribution < 1.29 is 14.3 Å². The van der Waals surface area contributed by atoms with E-state index in [1.165, 1.54) is 11.3 Å². The second-order valence-electron chi connectivity index (χ2n) is 5.43. The van der Waals surface area contributed by atoms with E-state index in [-0.39, 0.29) is 24.4 Å². The van der Waals surface area contributed by atoms with Gasteiger partial charge in [-0.25, -0.2) is 4.98 Å². The Morgan fingerprint density at radius 3 is 2.62 bits per heavy atom. The summed E-state index contributed by atoms with van der Waals surface area (Å²) in [6.07, 6.45) is 0.685. The molecular weight excluding hydrogens is 374 g/mol. The summed E-state index contributed by atoms with van der Waals surface area (Å²) in [5.74, 6) is 1.19. The van der Waals surface area contributed by atoms with Gasteiger partial charge in [0, 0.05) is 11.8 Å². The van der Waals surface area contributed by atoms with Gasteiger partial charge in [0.2, 0.25) is 0 Å². The summed E-state index contributed by atoms with van der Waals surface area (Å²) in [5.41, 5.74) is 6.89. The number of nitrogens with two attached hydrogens (primary N) is 1. The molecule has 144 valence electrons. The highest BCUT2D eigenvalue weighted by Crippen LogP contribution is 2.30. The quantitative estimate of drug-likeness (QED) is 0.675. The van der Waals surface area contributed by atoms with Crippen molar-refractivity contribution in [2.75, 3.05) is 19.8 Å². The van der Waals surface area contributed by atoms with Gasteiger partial charge in [-0.15, -0.1) is 23.7 Å². The maximum absolute atomic E-state index is 12.4. The number of thiazole rings is 1. The van der Waals surface area contributed by atoms with Gasteiger partial charge in [0.1, 0.15) is 5.69 Å². The average Bonchev–Trinajstić information content (AvgIpc) is 3.06. The molecule has 0 bridgehead atoms. The molecular formula is C18H26ClN3O3S. The van der Waals surface area contributed by atoms with Crippen LogP contribution in [0.1, 0.15) is 47.9 Å². The van der Waals surface area contributed by atoms with E-state index in [0.717, 1.165) is 10.6 Å². The molecule has 1 aromatic heterocycles. The Morgan fingerprint density at radius 2 is 1.96 bits per heavy atom. The van der Waals surface area contributed by atoms with Crippen LogP contribution in [0.3, 0.4) is 0 Å². The second-order valence-corrected chi connectivity index (χ2v) is 6.38. The molecule has 1 amide bonds. The number of carbonyl (C=O) groups is 1. The van der Waals surface area contributed by atoms with Crippen molar-refractivity contribution in [3.63, 3.8) is 0 Å². The maximum Gasteiger partial charge on any atom is 0.271 e. The smallest absolute Gasteiger partial charge is 0.271 e. The Balaban J connectivity index is 0.00000338. The Hall–Kier alpha value is -1.83. The zero-order valence-corrected chi connectivity index (χ0v) is 16.9. The minimum Gasteiger partial charge on any atom is -0.490 e. The van der Waals surface area contributed by atoms with Gasteiger partial charge in [-0.3, -0.25) is 4.79 Å². The number of rotatable bonds is 9. The summed E-state index contributed by atoms with van der Waals surface area (Å²) >= 11 is 1.45. The van der Waals surface area contributed by atoms with E-state index in [4.69, 9.17) is 15.2 Å². The first-order chi connectivity index (χ1) is 12.1. The van der Waals surface area contributed by atoms with E-state index in [9.17, 15) is 4.79 Å². The summed E-state index contributed by atoms with van der Waals surface area (Å²) in [6, 6.07) is 5.52. The minimum atomic E-state index is -0.195. The van der Waals surface area contributed by atoms with Crippen LogP contribution in [0, 0.1) is 0 Å². The monoisotopic (exact) mass is 399 g/mol. The largest absolute Gasteiger partial charge is 0.490 e. The Morgan fingerprint density at radius 1 is 1.27 bits per heavy atom. The zero-order valence-electron chi connectivity index (χ0n) is 15.3. The molecule has 0 saturated carbocycles. The lowest BCUT2D eigenvalue weighted by Gasteiger charge is -2.17. The van der Waals surface area contributed by atoms with Crippen LogP contribution in [0.15, 0.2) is 23.6 Å². The number of nitrogens with one attached hydrogen (secondary N) is 1. The molecule has 26 heavy (non-hydrogen) atoms. The normalized spacial score (nSPS) is 11.4. The van der Waals surface area contributed by atoms with Crippen LogP contribution in [-0.2, 0) is 6.42 Å². The van der Waals surface area contributed by atoms with E-state index in [2.05, 4.69) is 10.3 Å². The van der Waals surface area contributed by atoms with Gasteiger partial charge in [0.05, 0.1) is 24.3 Å².